The van der Waals surface area contributed by atoms with Crippen LogP contribution in [0.2, 0.25) is 0 Å². The number of fused-ring (bicyclic) bond motifs is 1. The average Bonchev–Trinajstić information content (AvgIpc) is 3.10. The monoisotopic (exact) mass is 437 g/mol. The molecule has 3 aliphatic heterocycles. The number of benzene rings is 1. The van der Waals surface area contributed by atoms with Crippen LogP contribution in [-0.4, -0.2) is 54.6 Å². The molecule has 4 atom stereocenters. The Labute approximate surface area is 178 Å². The van der Waals surface area contributed by atoms with Gasteiger partial charge in [0.15, 0.2) is 23.7 Å². The van der Waals surface area contributed by atoms with Gasteiger partial charge in [-0.2, -0.15) is 0 Å². The fourth-order valence-electron chi connectivity index (χ4n) is 5.49. The van der Waals surface area contributed by atoms with Gasteiger partial charge < -0.3 is 15.5 Å². The summed E-state index contributed by atoms with van der Waals surface area (Å²) in [7, 11) is 0. The van der Waals surface area contributed by atoms with E-state index in [1.54, 1.807) is 0 Å². The van der Waals surface area contributed by atoms with Gasteiger partial charge in [0.2, 0.25) is 5.78 Å². The van der Waals surface area contributed by atoms with Crippen LogP contribution in [0.25, 0.3) is 0 Å². The van der Waals surface area contributed by atoms with E-state index in [0.717, 1.165) is 0 Å². The van der Waals surface area contributed by atoms with Crippen molar-refractivity contribution in [2.75, 3.05) is 19.6 Å². The topological polar surface area (TPSA) is 78.5 Å². The second-order valence-corrected chi connectivity index (χ2v) is 8.99. The molecular weight excluding hydrogens is 411 g/mol. The number of rotatable bonds is 4. The first-order chi connectivity index (χ1) is 14.8. The molecule has 31 heavy (non-hydrogen) atoms. The van der Waals surface area contributed by atoms with Crippen LogP contribution in [0.3, 0.4) is 0 Å². The normalized spacial score (nSPS) is 30.9. The van der Waals surface area contributed by atoms with Crippen LogP contribution in [0.4, 0.5) is 13.2 Å². The number of Topliss-reactive ketones (excluding diaryl/α,β-unsaturated/α-hetero) is 1. The largest absolute Gasteiger partial charge is 0.330 e. The number of ketones is 1. The Hall–Kier alpha value is -2.26. The molecule has 2 fully saturated rings. The summed E-state index contributed by atoms with van der Waals surface area (Å²) in [6.07, 6.45) is 1.05. The fourth-order valence-corrected chi connectivity index (χ4v) is 5.49. The molecule has 3 aliphatic rings. The standard InChI is InChI=1S/C22H26F3N3O3/c1-10-5-26-6-11(2)16(10)17-13-8-28(12-3-4-14(27-7-12)15(30)9-29)22(31)18(13)20(24)21(25)19(17)23/h9-12,14,16,26-27H,3-8H2,1-2H3. The first kappa shape index (κ1) is 22.0. The number of piperidine rings is 2. The molecule has 0 spiro atoms. The highest BCUT2D eigenvalue weighted by Gasteiger charge is 2.44. The Morgan fingerprint density at radius 3 is 2.29 bits per heavy atom. The molecule has 0 aromatic heterocycles. The van der Waals surface area contributed by atoms with E-state index in [0.29, 0.717) is 25.9 Å². The molecule has 4 rings (SSSR count). The van der Waals surface area contributed by atoms with E-state index in [-0.39, 0.29) is 59.9 Å². The highest BCUT2D eigenvalue weighted by Crippen LogP contribution is 2.43. The fraction of sp³-hybridized carbons (Fsp3) is 0.591. The van der Waals surface area contributed by atoms with Crippen molar-refractivity contribution in [2.24, 2.45) is 11.8 Å². The number of nitrogens with zero attached hydrogens (tertiary/aromatic N) is 1. The maximum absolute atomic E-state index is 15.1. The van der Waals surface area contributed by atoms with Crippen molar-refractivity contribution in [2.45, 2.75) is 51.2 Å². The SMILES string of the molecule is CC1CNCC(C)C1c1c(F)c(F)c(F)c2c1CN(C1CCC(C(=O)C=O)NC1)C2=O. The van der Waals surface area contributed by atoms with Crippen molar-refractivity contribution in [1.82, 2.24) is 15.5 Å². The van der Waals surface area contributed by atoms with Gasteiger partial charge in [0.05, 0.1) is 11.6 Å². The molecule has 6 nitrogen and oxygen atoms in total. The van der Waals surface area contributed by atoms with Crippen molar-refractivity contribution >= 4 is 18.0 Å². The minimum absolute atomic E-state index is 0.000368. The average molecular weight is 437 g/mol. The molecule has 3 heterocycles. The van der Waals surface area contributed by atoms with Gasteiger partial charge in [-0.05, 0) is 49.2 Å². The van der Waals surface area contributed by atoms with Crippen molar-refractivity contribution in [3.8, 4) is 0 Å². The van der Waals surface area contributed by atoms with E-state index >= 15 is 4.39 Å². The molecule has 0 aliphatic carbocycles. The molecule has 2 N–H and O–H groups in total. The first-order valence-electron chi connectivity index (χ1n) is 10.7. The second kappa shape index (κ2) is 8.35. The minimum Gasteiger partial charge on any atom is -0.330 e. The zero-order valence-corrected chi connectivity index (χ0v) is 17.5. The van der Waals surface area contributed by atoms with E-state index in [9.17, 15) is 23.2 Å². The number of carbonyl (C=O) groups is 3. The van der Waals surface area contributed by atoms with Gasteiger partial charge in [-0.1, -0.05) is 13.8 Å². The lowest BCUT2D eigenvalue weighted by atomic mass is 9.73. The molecule has 9 heteroatoms. The number of nitrogens with one attached hydrogen (secondary N) is 2. The summed E-state index contributed by atoms with van der Waals surface area (Å²) in [6.45, 7) is 5.36. The second-order valence-electron chi connectivity index (χ2n) is 8.99. The summed E-state index contributed by atoms with van der Waals surface area (Å²) < 4.78 is 44.4. The maximum atomic E-state index is 15.1. The Bertz CT molecular complexity index is 921. The third kappa shape index (κ3) is 3.57. The van der Waals surface area contributed by atoms with E-state index in [4.69, 9.17) is 0 Å². The van der Waals surface area contributed by atoms with Crippen LogP contribution in [0.1, 0.15) is 54.1 Å². The lowest BCUT2D eigenvalue weighted by Crippen LogP contribution is -2.52. The number of amides is 1. The lowest BCUT2D eigenvalue weighted by Gasteiger charge is -2.37. The molecule has 4 unspecified atom stereocenters. The van der Waals surface area contributed by atoms with Gasteiger partial charge in [0.25, 0.3) is 5.91 Å². The molecule has 0 bridgehead atoms. The summed E-state index contributed by atoms with van der Waals surface area (Å²) in [5.41, 5.74) is -0.0277. The summed E-state index contributed by atoms with van der Waals surface area (Å²) in [4.78, 5) is 36.8. The molecule has 1 aromatic carbocycles. The van der Waals surface area contributed by atoms with E-state index in [1.165, 1.54) is 4.90 Å². The molecule has 1 aromatic rings. The van der Waals surface area contributed by atoms with Crippen molar-refractivity contribution in [1.29, 1.82) is 0 Å². The summed E-state index contributed by atoms with van der Waals surface area (Å²) in [6, 6.07) is -0.968. The third-order valence-corrected chi connectivity index (χ3v) is 7.05. The number of halogens is 3. The van der Waals surface area contributed by atoms with Gasteiger partial charge in [0, 0.05) is 24.7 Å². The highest BCUT2D eigenvalue weighted by atomic mass is 19.2. The Balaban J connectivity index is 1.68. The van der Waals surface area contributed by atoms with Crippen LogP contribution >= 0.6 is 0 Å². The number of hydrogen-bond donors (Lipinski definition) is 2. The van der Waals surface area contributed by atoms with Gasteiger partial charge in [0.1, 0.15) is 0 Å². The van der Waals surface area contributed by atoms with Crippen LogP contribution in [0, 0.1) is 29.3 Å². The van der Waals surface area contributed by atoms with E-state index in [1.807, 2.05) is 13.8 Å². The van der Waals surface area contributed by atoms with Crippen LogP contribution < -0.4 is 10.6 Å². The summed E-state index contributed by atoms with van der Waals surface area (Å²) >= 11 is 0. The van der Waals surface area contributed by atoms with Crippen molar-refractivity contribution < 1.29 is 27.6 Å². The van der Waals surface area contributed by atoms with Crippen LogP contribution in [0.5, 0.6) is 0 Å². The molecule has 0 radical (unpaired) electrons. The van der Waals surface area contributed by atoms with Gasteiger partial charge in [-0.15, -0.1) is 0 Å². The maximum Gasteiger partial charge on any atom is 0.257 e. The van der Waals surface area contributed by atoms with Crippen LogP contribution in [-0.2, 0) is 16.1 Å². The van der Waals surface area contributed by atoms with Crippen molar-refractivity contribution in [3.63, 3.8) is 0 Å². The van der Waals surface area contributed by atoms with Gasteiger partial charge in [-0.25, -0.2) is 13.2 Å². The van der Waals surface area contributed by atoms with Gasteiger partial charge in [-0.3, -0.25) is 14.4 Å². The quantitative estimate of drug-likeness (QED) is 0.428. The Kier molecular flexibility index (Phi) is 5.91. The predicted octanol–water partition coefficient (Wildman–Crippen LogP) is 1.91. The first-order valence-corrected chi connectivity index (χ1v) is 10.7. The van der Waals surface area contributed by atoms with Crippen LogP contribution in [0.15, 0.2) is 0 Å². The third-order valence-electron chi connectivity index (χ3n) is 7.05. The van der Waals surface area contributed by atoms with Gasteiger partial charge >= 0.3 is 0 Å². The number of aldehydes is 1. The predicted molar refractivity (Wildman–Crippen MR) is 106 cm³/mol. The number of carbonyl (C=O) groups excluding carboxylic acids is 3. The Morgan fingerprint density at radius 1 is 1.03 bits per heavy atom. The molecular formula is C22H26F3N3O3. The molecule has 2 saturated heterocycles. The minimum atomic E-state index is -1.60. The molecule has 168 valence electrons. The molecule has 0 saturated carbocycles. The van der Waals surface area contributed by atoms with E-state index < -0.39 is 35.2 Å². The summed E-state index contributed by atoms with van der Waals surface area (Å²) in [5.74, 6) is -5.80. The smallest absolute Gasteiger partial charge is 0.257 e. The highest BCUT2D eigenvalue weighted by molar-refractivity contribution is 6.27. The zero-order valence-electron chi connectivity index (χ0n) is 17.5. The summed E-state index contributed by atoms with van der Waals surface area (Å²) in [5, 5.41) is 6.20. The number of hydrogen-bond acceptors (Lipinski definition) is 5. The Morgan fingerprint density at radius 2 is 1.71 bits per heavy atom. The lowest BCUT2D eigenvalue weighted by molar-refractivity contribution is -0.131. The molecule has 1 amide bonds. The zero-order chi connectivity index (χ0) is 22.4. The van der Waals surface area contributed by atoms with Crippen molar-refractivity contribution in [3.05, 3.63) is 34.1 Å². The van der Waals surface area contributed by atoms with E-state index in [2.05, 4.69) is 10.6 Å².